The van der Waals surface area contributed by atoms with Gasteiger partial charge in [-0.2, -0.15) is 0 Å². The highest BCUT2D eigenvalue weighted by atomic mass is 32.1. The van der Waals surface area contributed by atoms with E-state index in [1.807, 2.05) is 18.2 Å². The number of ether oxygens (including phenoxy) is 1. The monoisotopic (exact) mass is 386 g/mol. The maximum atomic E-state index is 12.5. The molecule has 0 bridgehead atoms. The summed E-state index contributed by atoms with van der Waals surface area (Å²) < 4.78 is 10.6. The molecule has 0 saturated carbocycles. The quantitative estimate of drug-likeness (QED) is 0.466. The van der Waals surface area contributed by atoms with E-state index in [0.717, 1.165) is 35.5 Å². The molecule has 0 aliphatic rings. The van der Waals surface area contributed by atoms with Gasteiger partial charge >= 0.3 is 11.6 Å². The molecule has 0 spiro atoms. The van der Waals surface area contributed by atoms with Crippen molar-refractivity contribution in [2.75, 3.05) is 24.6 Å². The molecule has 0 amide bonds. The Balaban J connectivity index is 2.05. The maximum absolute atomic E-state index is 12.5. The fraction of sp³-hybridized carbons (Fsp3) is 0.350. The number of esters is 1. The number of hydrogen-bond acceptors (Lipinski definition) is 7. The first kappa shape index (κ1) is 19.1. The number of carbonyl (C=O) groups is 1. The van der Waals surface area contributed by atoms with Crippen molar-refractivity contribution in [2.24, 2.45) is 0 Å². The van der Waals surface area contributed by atoms with Crippen molar-refractivity contribution in [3.8, 4) is 10.6 Å². The van der Waals surface area contributed by atoms with Crippen LogP contribution >= 0.6 is 11.3 Å². The smallest absolute Gasteiger partial charge is 0.350 e. The van der Waals surface area contributed by atoms with Gasteiger partial charge in [0.05, 0.1) is 17.9 Å². The molecule has 2 heterocycles. The lowest BCUT2D eigenvalue weighted by atomic mass is 10.1. The second-order valence-electron chi connectivity index (χ2n) is 6.00. The highest BCUT2D eigenvalue weighted by Crippen LogP contribution is 2.29. The fourth-order valence-corrected chi connectivity index (χ4v) is 3.90. The van der Waals surface area contributed by atoms with E-state index >= 15 is 0 Å². The summed E-state index contributed by atoms with van der Waals surface area (Å²) in [5.41, 5.74) is 1.97. The van der Waals surface area contributed by atoms with Gasteiger partial charge in [-0.05, 0) is 45.9 Å². The Bertz CT molecular complexity index is 1030. The van der Waals surface area contributed by atoms with E-state index in [2.05, 4.69) is 23.7 Å². The van der Waals surface area contributed by atoms with Crippen molar-refractivity contribution in [3.05, 3.63) is 45.3 Å². The molecule has 0 radical (unpaired) electrons. The Kier molecular flexibility index (Phi) is 5.60. The van der Waals surface area contributed by atoms with E-state index in [4.69, 9.17) is 9.15 Å². The summed E-state index contributed by atoms with van der Waals surface area (Å²) in [6.07, 6.45) is 0. The summed E-state index contributed by atoms with van der Waals surface area (Å²) in [5, 5.41) is 1.27. The number of rotatable bonds is 6. The molecule has 0 aliphatic carbocycles. The molecule has 142 valence electrons. The molecule has 3 aromatic rings. The molecular formula is C20H22N2O4S. The zero-order valence-electron chi connectivity index (χ0n) is 15.9. The number of hydrogen-bond donors (Lipinski definition) is 0. The molecular weight excluding hydrogens is 364 g/mol. The number of thiazole rings is 1. The molecule has 0 fully saturated rings. The Morgan fingerprint density at radius 2 is 1.96 bits per heavy atom. The molecule has 7 heteroatoms. The molecule has 0 saturated heterocycles. The van der Waals surface area contributed by atoms with E-state index in [0.29, 0.717) is 33.3 Å². The summed E-state index contributed by atoms with van der Waals surface area (Å²) in [4.78, 5) is 31.5. The number of benzene rings is 1. The highest BCUT2D eigenvalue weighted by Gasteiger charge is 2.20. The van der Waals surface area contributed by atoms with Gasteiger partial charge in [-0.1, -0.05) is 0 Å². The first-order valence-corrected chi connectivity index (χ1v) is 9.77. The van der Waals surface area contributed by atoms with E-state index in [1.165, 1.54) is 0 Å². The van der Waals surface area contributed by atoms with E-state index in [1.54, 1.807) is 19.9 Å². The van der Waals surface area contributed by atoms with Gasteiger partial charge < -0.3 is 14.1 Å². The van der Waals surface area contributed by atoms with Crippen LogP contribution in [-0.2, 0) is 4.74 Å². The van der Waals surface area contributed by atoms with Crippen molar-refractivity contribution < 1.29 is 13.9 Å². The van der Waals surface area contributed by atoms with Gasteiger partial charge in [-0.25, -0.2) is 14.6 Å². The number of aromatic nitrogens is 1. The Morgan fingerprint density at radius 1 is 1.22 bits per heavy atom. The Morgan fingerprint density at radius 3 is 2.63 bits per heavy atom. The lowest BCUT2D eigenvalue weighted by Crippen LogP contribution is -2.21. The minimum atomic E-state index is -0.469. The lowest BCUT2D eigenvalue weighted by molar-refractivity contribution is 0.0531. The molecule has 6 nitrogen and oxygen atoms in total. The minimum absolute atomic E-state index is 0.290. The molecule has 0 atom stereocenters. The van der Waals surface area contributed by atoms with Crippen LogP contribution in [0, 0.1) is 6.92 Å². The number of anilines is 1. The lowest BCUT2D eigenvalue weighted by Gasteiger charge is -2.20. The molecule has 1 aromatic carbocycles. The summed E-state index contributed by atoms with van der Waals surface area (Å²) >= 11 is 1.14. The molecule has 27 heavy (non-hydrogen) atoms. The molecule has 2 aromatic heterocycles. The first-order chi connectivity index (χ1) is 13.0. The molecule has 0 unspecified atom stereocenters. The minimum Gasteiger partial charge on any atom is -0.462 e. The van der Waals surface area contributed by atoms with Crippen LogP contribution in [0.2, 0.25) is 0 Å². The van der Waals surface area contributed by atoms with E-state index in [-0.39, 0.29) is 0 Å². The maximum Gasteiger partial charge on any atom is 0.350 e. The topological polar surface area (TPSA) is 72.6 Å². The molecule has 3 rings (SSSR count). The van der Waals surface area contributed by atoms with Crippen LogP contribution in [0.5, 0.6) is 0 Å². The number of fused-ring (bicyclic) bond motifs is 1. The van der Waals surface area contributed by atoms with Gasteiger partial charge in [0.25, 0.3) is 0 Å². The molecule has 0 aliphatic heterocycles. The van der Waals surface area contributed by atoms with Crippen LogP contribution in [0.25, 0.3) is 21.5 Å². The van der Waals surface area contributed by atoms with Crippen molar-refractivity contribution in [2.45, 2.75) is 27.7 Å². The normalized spacial score (nSPS) is 11.0. The fourth-order valence-electron chi connectivity index (χ4n) is 2.93. The van der Waals surface area contributed by atoms with Crippen molar-refractivity contribution in [1.82, 2.24) is 4.98 Å². The van der Waals surface area contributed by atoms with Crippen LogP contribution in [0.15, 0.2) is 33.5 Å². The van der Waals surface area contributed by atoms with Crippen LogP contribution < -0.4 is 10.5 Å². The number of carbonyl (C=O) groups excluding carboxylic acids is 1. The summed E-state index contributed by atoms with van der Waals surface area (Å²) in [5.74, 6) is -0.423. The second kappa shape index (κ2) is 7.92. The van der Waals surface area contributed by atoms with Gasteiger partial charge in [-0.15, -0.1) is 11.3 Å². The van der Waals surface area contributed by atoms with Crippen LogP contribution in [-0.4, -0.2) is 30.6 Å². The van der Waals surface area contributed by atoms with Gasteiger partial charge in [-0.3, -0.25) is 0 Å². The van der Waals surface area contributed by atoms with Crippen molar-refractivity contribution in [3.63, 3.8) is 0 Å². The zero-order chi connectivity index (χ0) is 19.6. The predicted octanol–water partition coefficient (Wildman–Crippen LogP) is 4.25. The van der Waals surface area contributed by atoms with Crippen molar-refractivity contribution >= 4 is 34.0 Å². The number of aryl methyl sites for hydroxylation is 1. The van der Waals surface area contributed by atoms with Gasteiger partial charge in [0.2, 0.25) is 0 Å². The van der Waals surface area contributed by atoms with E-state index in [9.17, 15) is 9.59 Å². The summed E-state index contributed by atoms with van der Waals surface area (Å²) in [6, 6.07) is 7.59. The molecule has 0 N–H and O–H groups in total. The standard InChI is InChI=1S/C20H22N2O4S/c1-5-22(6-2)14-9-8-13-10-15(19(23)26-16(13)11-14)18-21-12(4)17(27-18)20(24)25-7-3/h8-11H,5-7H2,1-4H3. The Labute approximate surface area is 161 Å². The van der Waals surface area contributed by atoms with Crippen LogP contribution in [0.3, 0.4) is 0 Å². The number of nitrogens with zero attached hydrogens (tertiary/aromatic N) is 2. The summed E-state index contributed by atoms with van der Waals surface area (Å²) in [6.45, 7) is 9.68. The largest absolute Gasteiger partial charge is 0.462 e. The van der Waals surface area contributed by atoms with Crippen LogP contribution in [0.4, 0.5) is 5.69 Å². The first-order valence-electron chi connectivity index (χ1n) is 8.96. The van der Waals surface area contributed by atoms with Crippen molar-refractivity contribution in [1.29, 1.82) is 0 Å². The average Bonchev–Trinajstić information content (AvgIpc) is 3.04. The Hall–Kier alpha value is -2.67. The third kappa shape index (κ3) is 3.73. The zero-order valence-corrected chi connectivity index (χ0v) is 16.7. The summed E-state index contributed by atoms with van der Waals surface area (Å²) in [7, 11) is 0. The average molecular weight is 386 g/mol. The SMILES string of the molecule is CCOC(=O)c1sc(-c2cc3ccc(N(CC)CC)cc3oc2=O)nc1C. The van der Waals surface area contributed by atoms with E-state index < -0.39 is 11.6 Å². The van der Waals surface area contributed by atoms with Gasteiger partial charge in [0, 0.05) is 30.2 Å². The predicted molar refractivity (Wildman–Crippen MR) is 108 cm³/mol. The second-order valence-corrected chi connectivity index (χ2v) is 7.00. The van der Waals surface area contributed by atoms with Crippen LogP contribution in [0.1, 0.15) is 36.1 Å². The van der Waals surface area contributed by atoms with Gasteiger partial charge in [0.1, 0.15) is 15.5 Å². The highest BCUT2D eigenvalue weighted by molar-refractivity contribution is 7.17. The van der Waals surface area contributed by atoms with Gasteiger partial charge in [0.15, 0.2) is 0 Å². The third-order valence-corrected chi connectivity index (χ3v) is 5.51. The third-order valence-electron chi connectivity index (χ3n) is 4.34.